The summed E-state index contributed by atoms with van der Waals surface area (Å²) in [5.41, 5.74) is 16.6. The van der Waals surface area contributed by atoms with Gasteiger partial charge in [-0.1, -0.05) is 231 Å². The zero-order valence-corrected chi connectivity index (χ0v) is 33.9. The van der Waals surface area contributed by atoms with Gasteiger partial charge < -0.3 is 0 Å². The summed E-state index contributed by atoms with van der Waals surface area (Å²) in [6.07, 6.45) is 0. The third-order valence-corrected chi connectivity index (χ3v) is 13.1. The van der Waals surface area contributed by atoms with Crippen molar-refractivity contribution in [1.82, 2.24) is 15.0 Å². The molecule has 0 amide bonds. The number of rotatable bonds is 6. The van der Waals surface area contributed by atoms with Crippen molar-refractivity contribution in [3.63, 3.8) is 0 Å². The summed E-state index contributed by atoms with van der Waals surface area (Å²) < 4.78 is 0. The first kappa shape index (κ1) is 35.9. The Morgan fingerprint density at radius 2 is 0.565 bits per heavy atom. The SMILES string of the molecule is c1ccc(-c2ccc(-c3nc(-c4ccccc4)nc(-c4ccc5c(c4)-c4ccccc4C54c5ccccc5C(c5ccccc5)(c5ccccc5)c5ccccc54)n3)cc2)cc1. The summed E-state index contributed by atoms with van der Waals surface area (Å²) in [7, 11) is 0. The molecule has 2 aliphatic carbocycles. The van der Waals surface area contributed by atoms with Gasteiger partial charge in [0.05, 0.1) is 10.8 Å². The van der Waals surface area contributed by atoms with Crippen molar-refractivity contribution in [3.8, 4) is 56.4 Å². The van der Waals surface area contributed by atoms with Crippen molar-refractivity contribution in [2.75, 3.05) is 0 Å². The third-order valence-electron chi connectivity index (χ3n) is 13.1. The molecule has 0 saturated carbocycles. The van der Waals surface area contributed by atoms with Gasteiger partial charge in [-0.2, -0.15) is 0 Å². The topological polar surface area (TPSA) is 38.7 Å². The lowest BCUT2D eigenvalue weighted by molar-refractivity contribution is 0.623. The second-order valence-electron chi connectivity index (χ2n) is 16.2. The van der Waals surface area contributed by atoms with Gasteiger partial charge in [-0.3, -0.25) is 0 Å². The van der Waals surface area contributed by atoms with Crippen LogP contribution in [-0.2, 0) is 10.8 Å². The first-order valence-corrected chi connectivity index (χ1v) is 21.3. The number of fused-ring (bicyclic) bond motifs is 9. The van der Waals surface area contributed by atoms with Gasteiger partial charge in [0, 0.05) is 16.7 Å². The molecule has 1 aromatic heterocycles. The van der Waals surface area contributed by atoms with E-state index < -0.39 is 10.8 Å². The standard InChI is InChI=1S/C59H39N3/c1-5-19-40(20-6-1)41-33-35-43(36-34-41)56-60-55(42-21-7-2-8-22-42)61-57(62-56)44-37-38-50-48(39-44)47-27-13-14-28-49(47)59(50)53-31-17-15-29-51(53)58(45-23-9-3-10-24-45,46-25-11-4-12-26-46)52-30-16-18-32-54(52)59/h1-39H. The Bertz CT molecular complexity index is 3180. The smallest absolute Gasteiger partial charge is 0.164 e. The van der Waals surface area contributed by atoms with Gasteiger partial charge in [0.2, 0.25) is 0 Å². The van der Waals surface area contributed by atoms with E-state index in [9.17, 15) is 0 Å². The van der Waals surface area contributed by atoms with Gasteiger partial charge in [0.15, 0.2) is 17.5 Å². The van der Waals surface area contributed by atoms with Crippen molar-refractivity contribution in [2.24, 2.45) is 0 Å². The Balaban J connectivity index is 1.08. The number of aromatic nitrogens is 3. The van der Waals surface area contributed by atoms with E-state index >= 15 is 0 Å². The first-order valence-electron chi connectivity index (χ1n) is 21.3. The van der Waals surface area contributed by atoms with Crippen molar-refractivity contribution < 1.29 is 0 Å². The fraction of sp³-hybridized carbons (Fsp3) is 0.0339. The van der Waals surface area contributed by atoms with Crippen LogP contribution in [0.15, 0.2) is 237 Å². The Morgan fingerprint density at radius 3 is 1.10 bits per heavy atom. The minimum atomic E-state index is -0.579. The van der Waals surface area contributed by atoms with Crippen molar-refractivity contribution in [1.29, 1.82) is 0 Å². The summed E-state index contributed by atoms with van der Waals surface area (Å²) in [6, 6.07) is 85.5. The molecule has 0 bridgehead atoms. The van der Waals surface area contributed by atoms with E-state index in [1.807, 2.05) is 24.3 Å². The molecule has 9 aromatic carbocycles. The van der Waals surface area contributed by atoms with E-state index in [1.54, 1.807) is 0 Å². The molecule has 0 saturated heterocycles. The number of nitrogens with zero attached hydrogens (tertiary/aromatic N) is 3. The average molecular weight is 790 g/mol. The molecule has 290 valence electrons. The van der Waals surface area contributed by atoms with Crippen LogP contribution in [-0.4, -0.2) is 15.0 Å². The largest absolute Gasteiger partial charge is 0.208 e. The monoisotopic (exact) mass is 789 g/mol. The van der Waals surface area contributed by atoms with E-state index in [0.717, 1.165) is 22.3 Å². The first-order chi connectivity index (χ1) is 30.7. The van der Waals surface area contributed by atoms with Crippen LogP contribution in [0.4, 0.5) is 0 Å². The second kappa shape index (κ2) is 14.3. The molecule has 0 radical (unpaired) electrons. The number of hydrogen-bond acceptors (Lipinski definition) is 3. The van der Waals surface area contributed by atoms with Crippen LogP contribution in [0, 0.1) is 0 Å². The molecule has 10 aromatic rings. The second-order valence-corrected chi connectivity index (χ2v) is 16.2. The minimum Gasteiger partial charge on any atom is -0.208 e. The Labute approximate surface area is 361 Å². The Morgan fingerprint density at radius 1 is 0.226 bits per heavy atom. The highest BCUT2D eigenvalue weighted by Gasteiger charge is 2.56. The maximum atomic E-state index is 5.22. The fourth-order valence-electron chi connectivity index (χ4n) is 10.5. The van der Waals surface area contributed by atoms with Gasteiger partial charge in [-0.05, 0) is 72.8 Å². The highest BCUT2D eigenvalue weighted by molar-refractivity contribution is 5.91. The van der Waals surface area contributed by atoms with Crippen LogP contribution >= 0.6 is 0 Å². The van der Waals surface area contributed by atoms with Crippen LogP contribution in [0.5, 0.6) is 0 Å². The van der Waals surface area contributed by atoms with E-state index in [2.05, 4.69) is 212 Å². The molecule has 0 atom stereocenters. The molecule has 0 aliphatic heterocycles. The predicted molar refractivity (Wildman–Crippen MR) is 251 cm³/mol. The average Bonchev–Trinajstić information content (AvgIpc) is 3.65. The molecule has 0 fully saturated rings. The van der Waals surface area contributed by atoms with Crippen LogP contribution in [0.2, 0.25) is 0 Å². The zero-order chi connectivity index (χ0) is 41.1. The van der Waals surface area contributed by atoms with Gasteiger partial charge in [-0.25, -0.2) is 15.0 Å². The normalized spacial score (nSPS) is 13.7. The highest BCUT2D eigenvalue weighted by atomic mass is 15.0. The van der Waals surface area contributed by atoms with Crippen LogP contribution in [0.3, 0.4) is 0 Å². The molecular formula is C59H39N3. The summed E-state index contributed by atoms with van der Waals surface area (Å²) >= 11 is 0. The third kappa shape index (κ3) is 5.28. The summed E-state index contributed by atoms with van der Waals surface area (Å²) in [5.74, 6) is 1.92. The fourth-order valence-corrected chi connectivity index (χ4v) is 10.5. The number of hydrogen-bond donors (Lipinski definition) is 0. The van der Waals surface area contributed by atoms with E-state index in [4.69, 9.17) is 15.0 Å². The molecular weight excluding hydrogens is 751 g/mol. The molecule has 1 spiro atoms. The van der Waals surface area contributed by atoms with Gasteiger partial charge in [-0.15, -0.1) is 0 Å². The van der Waals surface area contributed by atoms with Crippen LogP contribution in [0.25, 0.3) is 56.4 Å². The van der Waals surface area contributed by atoms with E-state index in [0.29, 0.717) is 17.5 Å². The predicted octanol–water partition coefficient (Wildman–Crippen LogP) is 13.6. The Hall–Kier alpha value is -8.01. The molecule has 3 heteroatoms. The Kier molecular flexibility index (Phi) is 8.29. The van der Waals surface area contributed by atoms with Gasteiger partial charge >= 0.3 is 0 Å². The van der Waals surface area contributed by atoms with E-state index in [-0.39, 0.29) is 0 Å². The van der Waals surface area contributed by atoms with E-state index in [1.165, 1.54) is 61.2 Å². The molecule has 3 nitrogen and oxygen atoms in total. The molecule has 0 N–H and O–H groups in total. The zero-order valence-electron chi connectivity index (χ0n) is 33.9. The molecule has 0 unspecified atom stereocenters. The molecule has 1 heterocycles. The maximum Gasteiger partial charge on any atom is 0.164 e. The highest BCUT2D eigenvalue weighted by Crippen LogP contribution is 2.64. The lowest BCUT2D eigenvalue weighted by atomic mass is 9.51. The molecule has 62 heavy (non-hydrogen) atoms. The summed E-state index contributed by atoms with van der Waals surface area (Å²) in [4.78, 5) is 15.5. The lowest BCUT2D eigenvalue weighted by Gasteiger charge is -2.50. The minimum absolute atomic E-state index is 0.549. The molecule has 2 aliphatic rings. The van der Waals surface area contributed by atoms with Gasteiger partial charge in [0.1, 0.15) is 0 Å². The quantitative estimate of drug-likeness (QED) is 0.168. The van der Waals surface area contributed by atoms with Crippen LogP contribution < -0.4 is 0 Å². The van der Waals surface area contributed by atoms with Crippen molar-refractivity contribution >= 4 is 0 Å². The lowest BCUT2D eigenvalue weighted by Crippen LogP contribution is -2.44. The van der Waals surface area contributed by atoms with Gasteiger partial charge in [0.25, 0.3) is 0 Å². The summed E-state index contributed by atoms with van der Waals surface area (Å²) in [5, 5.41) is 0. The van der Waals surface area contributed by atoms with Crippen molar-refractivity contribution in [3.05, 3.63) is 281 Å². The van der Waals surface area contributed by atoms with Crippen molar-refractivity contribution in [2.45, 2.75) is 10.8 Å². The number of benzene rings is 9. The van der Waals surface area contributed by atoms with Crippen LogP contribution in [0.1, 0.15) is 44.5 Å². The molecule has 12 rings (SSSR count). The summed E-state index contributed by atoms with van der Waals surface area (Å²) in [6.45, 7) is 0. The maximum absolute atomic E-state index is 5.22.